The molecule has 0 aliphatic carbocycles. The molecule has 0 aliphatic rings. The van der Waals surface area contributed by atoms with E-state index in [1.54, 1.807) is 35.2 Å². The minimum Gasteiger partial charge on any atom is -0.302 e. The molecule has 0 radical (unpaired) electrons. The fraction of sp³-hybridized carbons (Fsp3) is 0.333. The maximum Gasteiger partial charge on any atom is 0.261 e. The third kappa shape index (κ3) is 4.83. The second-order valence-corrected chi connectivity index (χ2v) is 10.2. The smallest absolute Gasteiger partial charge is 0.261 e. The molecule has 0 aliphatic heterocycles. The van der Waals surface area contributed by atoms with Crippen LogP contribution in [0.25, 0.3) is 10.2 Å². The number of aromatic nitrogens is 1. The predicted octanol–water partition coefficient (Wildman–Crippen LogP) is 4.34. The predicted molar refractivity (Wildman–Crippen MR) is 124 cm³/mol. The number of sulfone groups is 1. The number of carbonyl (C=O) groups is 1. The molecule has 160 valence electrons. The van der Waals surface area contributed by atoms with Crippen LogP contribution in [0.1, 0.15) is 24.2 Å². The molecule has 1 heterocycles. The Morgan fingerprint density at radius 1 is 1.07 bits per heavy atom. The van der Waals surface area contributed by atoms with Gasteiger partial charge in [-0.05, 0) is 37.4 Å². The van der Waals surface area contributed by atoms with Crippen LogP contribution in [0, 0.1) is 0 Å². The second-order valence-electron chi connectivity index (χ2n) is 6.84. The standard InChI is InChI=1S/C21H24ClN3O3S2/c1-4-24(5-2)13-14-25(20(26)15-9-6-7-10-16(15)22)21-23-19-17(29-21)11-8-12-18(19)30(3,27)28/h6-12H,4-5,13-14H2,1-3H3. The quantitative estimate of drug-likeness (QED) is 0.494. The van der Waals surface area contributed by atoms with Gasteiger partial charge in [0, 0.05) is 19.3 Å². The SMILES string of the molecule is CCN(CC)CCN(C(=O)c1ccccc1Cl)c1nc2c(S(C)(=O)=O)cccc2s1. The Hall–Kier alpha value is -2.00. The third-order valence-electron chi connectivity index (χ3n) is 4.88. The van der Waals surface area contributed by atoms with E-state index in [9.17, 15) is 13.2 Å². The van der Waals surface area contributed by atoms with Crippen LogP contribution in [-0.2, 0) is 9.84 Å². The van der Waals surface area contributed by atoms with Crippen molar-refractivity contribution < 1.29 is 13.2 Å². The number of anilines is 1. The first-order chi connectivity index (χ1) is 14.3. The van der Waals surface area contributed by atoms with Gasteiger partial charge in [0.05, 0.1) is 20.2 Å². The molecule has 3 aromatic rings. The van der Waals surface area contributed by atoms with E-state index in [0.717, 1.165) is 19.3 Å². The van der Waals surface area contributed by atoms with Crippen molar-refractivity contribution in [2.45, 2.75) is 18.7 Å². The zero-order valence-corrected chi connectivity index (χ0v) is 19.5. The number of nitrogens with zero attached hydrogens (tertiary/aromatic N) is 3. The number of benzene rings is 2. The topological polar surface area (TPSA) is 70.6 Å². The number of halogens is 1. The molecule has 6 nitrogen and oxygen atoms in total. The van der Waals surface area contributed by atoms with Crippen molar-refractivity contribution in [1.29, 1.82) is 0 Å². The number of hydrogen-bond donors (Lipinski definition) is 0. The van der Waals surface area contributed by atoms with Crippen LogP contribution in [0.4, 0.5) is 5.13 Å². The summed E-state index contributed by atoms with van der Waals surface area (Å²) < 4.78 is 25.1. The number of likely N-dealkylation sites (N-methyl/N-ethyl adjacent to an activating group) is 1. The fourth-order valence-corrected chi connectivity index (χ4v) is 5.30. The van der Waals surface area contributed by atoms with Gasteiger partial charge in [-0.2, -0.15) is 0 Å². The Morgan fingerprint density at radius 2 is 1.77 bits per heavy atom. The van der Waals surface area contributed by atoms with Gasteiger partial charge in [-0.15, -0.1) is 0 Å². The molecule has 0 saturated carbocycles. The average Bonchev–Trinajstić information content (AvgIpc) is 3.14. The molecular formula is C21H24ClN3O3S2. The lowest BCUT2D eigenvalue weighted by Gasteiger charge is -2.25. The van der Waals surface area contributed by atoms with Crippen molar-refractivity contribution in [3.8, 4) is 0 Å². The van der Waals surface area contributed by atoms with Gasteiger partial charge < -0.3 is 4.90 Å². The van der Waals surface area contributed by atoms with E-state index < -0.39 is 9.84 Å². The summed E-state index contributed by atoms with van der Waals surface area (Å²) in [5, 5.41) is 0.825. The van der Waals surface area contributed by atoms with Crippen LogP contribution in [-0.4, -0.2) is 56.6 Å². The highest BCUT2D eigenvalue weighted by atomic mass is 35.5. The average molecular weight is 466 g/mol. The lowest BCUT2D eigenvalue weighted by atomic mass is 10.2. The summed E-state index contributed by atoms with van der Waals surface area (Å²) in [4.78, 5) is 21.9. The number of rotatable bonds is 8. The van der Waals surface area contributed by atoms with Gasteiger partial charge in [0.15, 0.2) is 15.0 Å². The first kappa shape index (κ1) is 22.7. The number of thiazole rings is 1. The molecule has 1 amide bonds. The van der Waals surface area contributed by atoms with E-state index in [-0.39, 0.29) is 10.8 Å². The normalized spacial score (nSPS) is 11.9. The third-order valence-corrected chi connectivity index (χ3v) is 7.39. The summed E-state index contributed by atoms with van der Waals surface area (Å²) in [6.07, 6.45) is 1.16. The zero-order chi connectivity index (χ0) is 21.9. The van der Waals surface area contributed by atoms with Gasteiger partial charge in [0.25, 0.3) is 5.91 Å². The Kier molecular flexibility index (Phi) is 7.13. The second kappa shape index (κ2) is 9.43. The minimum absolute atomic E-state index is 0.163. The fourth-order valence-electron chi connectivity index (χ4n) is 3.17. The van der Waals surface area contributed by atoms with Crippen molar-refractivity contribution in [1.82, 2.24) is 9.88 Å². The number of fused-ring (bicyclic) bond motifs is 1. The van der Waals surface area contributed by atoms with E-state index in [0.29, 0.717) is 39.0 Å². The van der Waals surface area contributed by atoms with Crippen molar-refractivity contribution in [2.24, 2.45) is 0 Å². The van der Waals surface area contributed by atoms with E-state index in [4.69, 9.17) is 11.6 Å². The van der Waals surface area contributed by atoms with Gasteiger partial charge in [0.1, 0.15) is 5.52 Å². The molecule has 0 N–H and O–H groups in total. The summed E-state index contributed by atoms with van der Waals surface area (Å²) in [6.45, 7) is 6.95. The molecule has 0 unspecified atom stereocenters. The highest BCUT2D eigenvalue weighted by Gasteiger charge is 2.25. The lowest BCUT2D eigenvalue weighted by Crippen LogP contribution is -2.39. The first-order valence-electron chi connectivity index (χ1n) is 9.64. The highest BCUT2D eigenvalue weighted by Crippen LogP contribution is 2.33. The van der Waals surface area contributed by atoms with Crippen LogP contribution >= 0.6 is 22.9 Å². The van der Waals surface area contributed by atoms with E-state index in [2.05, 4.69) is 23.7 Å². The highest BCUT2D eigenvalue weighted by molar-refractivity contribution is 7.91. The Labute approximate surface area is 186 Å². The molecule has 9 heteroatoms. The Morgan fingerprint density at radius 3 is 2.40 bits per heavy atom. The van der Waals surface area contributed by atoms with Gasteiger partial charge in [-0.25, -0.2) is 13.4 Å². The maximum atomic E-state index is 13.4. The minimum atomic E-state index is -3.44. The molecule has 3 rings (SSSR count). The van der Waals surface area contributed by atoms with Crippen LogP contribution in [0.15, 0.2) is 47.4 Å². The van der Waals surface area contributed by atoms with Gasteiger partial charge in [-0.3, -0.25) is 9.69 Å². The molecule has 1 aromatic heterocycles. The van der Waals surface area contributed by atoms with Crippen LogP contribution in [0.2, 0.25) is 5.02 Å². The summed E-state index contributed by atoms with van der Waals surface area (Å²) in [5.74, 6) is -0.257. The Bertz CT molecular complexity index is 1160. The van der Waals surface area contributed by atoms with Crippen LogP contribution < -0.4 is 4.90 Å². The van der Waals surface area contributed by atoms with Crippen LogP contribution in [0.5, 0.6) is 0 Å². The first-order valence-corrected chi connectivity index (χ1v) is 12.7. The molecule has 0 fully saturated rings. The van der Waals surface area contributed by atoms with Gasteiger partial charge >= 0.3 is 0 Å². The number of carbonyl (C=O) groups excluding carboxylic acids is 1. The Balaban J connectivity index is 2.08. The largest absolute Gasteiger partial charge is 0.302 e. The lowest BCUT2D eigenvalue weighted by molar-refractivity contribution is 0.0984. The van der Waals surface area contributed by atoms with Gasteiger partial charge in [-0.1, -0.05) is 55.0 Å². The summed E-state index contributed by atoms with van der Waals surface area (Å²) in [7, 11) is -3.44. The number of para-hydroxylation sites is 1. The molecule has 0 spiro atoms. The molecule has 0 saturated heterocycles. The maximum absolute atomic E-state index is 13.4. The zero-order valence-electron chi connectivity index (χ0n) is 17.1. The summed E-state index contributed by atoms with van der Waals surface area (Å²) in [6, 6.07) is 11.9. The van der Waals surface area contributed by atoms with E-state index >= 15 is 0 Å². The summed E-state index contributed by atoms with van der Waals surface area (Å²) in [5.41, 5.74) is 0.779. The molecular weight excluding hydrogens is 442 g/mol. The molecule has 0 atom stereocenters. The van der Waals surface area contributed by atoms with Crippen LogP contribution in [0.3, 0.4) is 0 Å². The molecule has 0 bridgehead atoms. The summed E-state index contributed by atoms with van der Waals surface area (Å²) >= 11 is 7.58. The van der Waals surface area contributed by atoms with Crippen molar-refractivity contribution >= 4 is 54.0 Å². The number of amides is 1. The van der Waals surface area contributed by atoms with Crippen molar-refractivity contribution in [3.05, 3.63) is 53.1 Å². The molecule has 2 aromatic carbocycles. The monoisotopic (exact) mass is 465 g/mol. The molecule has 30 heavy (non-hydrogen) atoms. The number of hydrogen-bond acceptors (Lipinski definition) is 6. The van der Waals surface area contributed by atoms with Gasteiger partial charge in [0.2, 0.25) is 0 Å². The van der Waals surface area contributed by atoms with E-state index in [1.807, 2.05) is 6.07 Å². The van der Waals surface area contributed by atoms with Crippen molar-refractivity contribution in [3.63, 3.8) is 0 Å². The van der Waals surface area contributed by atoms with E-state index in [1.165, 1.54) is 17.4 Å². The van der Waals surface area contributed by atoms with Crippen molar-refractivity contribution in [2.75, 3.05) is 37.3 Å².